The third-order valence-corrected chi connectivity index (χ3v) is 3.06. The number of oxazole rings is 1. The zero-order valence-electron chi connectivity index (χ0n) is 14.8. The summed E-state index contributed by atoms with van der Waals surface area (Å²) in [4.78, 5) is 4.61. The monoisotopic (exact) mass is 309 g/mol. The van der Waals surface area contributed by atoms with Gasteiger partial charge in [-0.3, -0.25) is 0 Å². The van der Waals surface area contributed by atoms with Gasteiger partial charge in [0.2, 0.25) is 0 Å². The molecule has 0 aliphatic heterocycles. The zero-order chi connectivity index (χ0) is 17.1. The molecule has 2 heteroatoms. The number of hydrogen-bond acceptors (Lipinski definition) is 2. The molecule has 1 aromatic heterocycles. The lowest BCUT2D eigenvalue weighted by molar-refractivity contribution is 0.514. The minimum Gasteiger partial charge on any atom is -0.440 e. The fraction of sp³-hybridized carbons (Fsp3) is 0.286. The van der Waals surface area contributed by atoms with Gasteiger partial charge >= 0.3 is 0 Å². The van der Waals surface area contributed by atoms with E-state index in [0.717, 1.165) is 34.9 Å². The fourth-order valence-corrected chi connectivity index (χ4v) is 2.09. The molecule has 2 aromatic carbocycles. The highest BCUT2D eigenvalue weighted by Crippen LogP contribution is 2.32. The lowest BCUT2D eigenvalue weighted by Crippen LogP contribution is -1.82. The van der Waals surface area contributed by atoms with Crippen molar-refractivity contribution in [3.05, 3.63) is 66.6 Å². The van der Waals surface area contributed by atoms with Crippen LogP contribution in [-0.2, 0) is 6.42 Å². The van der Waals surface area contributed by atoms with Crippen molar-refractivity contribution in [1.29, 1.82) is 0 Å². The number of nitrogens with zero attached hydrogens (tertiary/aromatic N) is 1. The molecule has 0 N–H and O–H groups in total. The molecule has 1 heterocycles. The van der Waals surface area contributed by atoms with Crippen LogP contribution in [-0.4, -0.2) is 4.98 Å². The third-order valence-electron chi connectivity index (χ3n) is 3.06. The molecule has 0 saturated heterocycles. The van der Waals surface area contributed by atoms with Gasteiger partial charge in [-0.1, -0.05) is 95.3 Å². The van der Waals surface area contributed by atoms with E-state index in [-0.39, 0.29) is 0 Å². The molecule has 122 valence electrons. The SMILES string of the molecule is CC.CC.CCc1nc(-c2ccccc2)c(-c2ccccc2)o1. The summed E-state index contributed by atoms with van der Waals surface area (Å²) in [5.41, 5.74) is 3.07. The van der Waals surface area contributed by atoms with E-state index in [4.69, 9.17) is 4.42 Å². The smallest absolute Gasteiger partial charge is 0.195 e. The maximum Gasteiger partial charge on any atom is 0.195 e. The van der Waals surface area contributed by atoms with Gasteiger partial charge in [-0.25, -0.2) is 4.98 Å². The summed E-state index contributed by atoms with van der Waals surface area (Å²) in [5, 5.41) is 0. The molecular formula is C21H27NO. The van der Waals surface area contributed by atoms with Gasteiger partial charge in [-0.05, 0) is 0 Å². The Morgan fingerprint density at radius 3 is 1.70 bits per heavy atom. The van der Waals surface area contributed by atoms with Gasteiger partial charge in [0.1, 0.15) is 5.69 Å². The van der Waals surface area contributed by atoms with Crippen LogP contribution in [0.4, 0.5) is 0 Å². The third kappa shape index (κ3) is 4.82. The molecule has 3 rings (SSSR count). The van der Waals surface area contributed by atoms with E-state index >= 15 is 0 Å². The van der Waals surface area contributed by atoms with Gasteiger partial charge in [0.15, 0.2) is 11.7 Å². The van der Waals surface area contributed by atoms with Crippen molar-refractivity contribution in [1.82, 2.24) is 4.98 Å². The van der Waals surface area contributed by atoms with Crippen molar-refractivity contribution in [2.75, 3.05) is 0 Å². The van der Waals surface area contributed by atoms with E-state index in [1.54, 1.807) is 0 Å². The van der Waals surface area contributed by atoms with E-state index in [0.29, 0.717) is 0 Å². The highest BCUT2D eigenvalue weighted by atomic mass is 16.4. The number of hydrogen-bond donors (Lipinski definition) is 0. The number of benzene rings is 2. The molecule has 0 saturated carbocycles. The van der Waals surface area contributed by atoms with Crippen LogP contribution >= 0.6 is 0 Å². The Balaban J connectivity index is 0.000000615. The van der Waals surface area contributed by atoms with Gasteiger partial charge in [-0.15, -0.1) is 0 Å². The first kappa shape index (κ1) is 18.7. The molecule has 0 spiro atoms. The Morgan fingerprint density at radius 1 is 0.739 bits per heavy atom. The fourth-order valence-electron chi connectivity index (χ4n) is 2.09. The molecule has 23 heavy (non-hydrogen) atoms. The van der Waals surface area contributed by atoms with Crippen LogP contribution in [0.1, 0.15) is 40.5 Å². The molecule has 2 nitrogen and oxygen atoms in total. The van der Waals surface area contributed by atoms with Crippen LogP contribution in [0.3, 0.4) is 0 Å². The van der Waals surface area contributed by atoms with Gasteiger partial charge in [0.05, 0.1) is 0 Å². The highest BCUT2D eigenvalue weighted by Gasteiger charge is 2.15. The van der Waals surface area contributed by atoms with Crippen molar-refractivity contribution in [3.8, 4) is 22.6 Å². The molecule has 0 aliphatic rings. The maximum absolute atomic E-state index is 5.89. The summed E-state index contributed by atoms with van der Waals surface area (Å²) in [6.07, 6.45) is 0.798. The summed E-state index contributed by atoms with van der Waals surface area (Å²) in [5.74, 6) is 1.63. The second-order valence-electron chi connectivity index (χ2n) is 4.37. The Labute approximate surface area is 140 Å². The van der Waals surface area contributed by atoms with E-state index in [1.807, 2.05) is 76.2 Å². The van der Waals surface area contributed by atoms with Crippen LogP contribution in [0, 0.1) is 0 Å². The molecule has 0 fully saturated rings. The summed E-state index contributed by atoms with van der Waals surface area (Å²) < 4.78 is 5.89. The van der Waals surface area contributed by atoms with E-state index in [1.165, 1.54) is 0 Å². The minimum absolute atomic E-state index is 0.776. The Bertz CT molecular complexity index is 600. The second-order valence-corrected chi connectivity index (χ2v) is 4.37. The van der Waals surface area contributed by atoms with Crippen LogP contribution in [0.5, 0.6) is 0 Å². The molecule has 3 aromatic rings. The first-order valence-corrected chi connectivity index (χ1v) is 8.49. The summed E-state index contributed by atoms with van der Waals surface area (Å²) in [6.45, 7) is 10.1. The quantitative estimate of drug-likeness (QED) is 0.543. The number of rotatable bonds is 3. The van der Waals surface area contributed by atoms with Crippen molar-refractivity contribution in [3.63, 3.8) is 0 Å². The average molecular weight is 309 g/mol. The minimum atomic E-state index is 0.776. The largest absolute Gasteiger partial charge is 0.440 e. The van der Waals surface area contributed by atoms with E-state index < -0.39 is 0 Å². The van der Waals surface area contributed by atoms with Crippen LogP contribution in [0.2, 0.25) is 0 Å². The first-order chi connectivity index (χ1) is 11.4. The number of aromatic nitrogens is 1. The Hall–Kier alpha value is -2.35. The normalized spacial score (nSPS) is 9.26. The van der Waals surface area contributed by atoms with Crippen molar-refractivity contribution >= 4 is 0 Å². The number of aryl methyl sites for hydroxylation is 1. The van der Waals surface area contributed by atoms with Crippen molar-refractivity contribution < 1.29 is 4.42 Å². The molecule has 0 atom stereocenters. The molecule has 0 radical (unpaired) electrons. The molecular weight excluding hydrogens is 282 g/mol. The lowest BCUT2D eigenvalue weighted by atomic mass is 10.1. The predicted molar refractivity (Wildman–Crippen MR) is 99.4 cm³/mol. The summed E-state index contributed by atoms with van der Waals surface area (Å²) in [7, 11) is 0. The molecule has 0 unspecified atom stereocenters. The molecule has 0 amide bonds. The highest BCUT2D eigenvalue weighted by molar-refractivity contribution is 5.76. The average Bonchev–Trinajstić information content (AvgIpc) is 3.11. The lowest BCUT2D eigenvalue weighted by Gasteiger charge is -2.00. The van der Waals surface area contributed by atoms with E-state index in [9.17, 15) is 0 Å². The van der Waals surface area contributed by atoms with Crippen molar-refractivity contribution in [2.45, 2.75) is 41.0 Å². The first-order valence-electron chi connectivity index (χ1n) is 8.49. The van der Waals surface area contributed by atoms with Crippen LogP contribution in [0.15, 0.2) is 65.1 Å². The standard InChI is InChI=1S/C17H15NO.2C2H6/c1-2-15-18-16(13-9-5-3-6-10-13)17(19-15)14-11-7-4-8-12-14;2*1-2/h3-12H,2H2,1H3;2*1-2H3. The molecule has 0 bridgehead atoms. The predicted octanol–water partition coefficient (Wildman–Crippen LogP) is 6.62. The summed E-state index contributed by atoms with van der Waals surface area (Å²) in [6, 6.07) is 20.3. The van der Waals surface area contributed by atoms with Crippen LogP contribution in [0.25, 0.3) is 22.6 Å². The second kappa shape index (κ2) is 10.4. The van der Waals surface area contributed by atoms with Crippen LogP contribution < -0.4 is 0 Å². The summed E-state index contributed by atoms with van der Waals surface area (Å²) >= 11 is 0. The topological polar surface area (TPSA) is 26.0 Å². The molecule has 0 aliphatic carbocycles. The Kier molecular flexibility index (Phi) is 8.45. The van der Waals surface area contributed by atoms with Gasteiger partial charge in [0, 0.05) is 17.5 Å². The zero-order valence-corrected chi connectivity index (χ0v) is 14.8. The maximum atomic E-state index is 5.89. The van der Waals surface area contributed by atoms with E-state index in [2.05, 4.69) is 24.0 Å². The van der Waals surface area contributed by atoms with Gasteiger partial charge in [0.25, 0.3) is 0 Å². The van der Waals surface area contributed by atoms with Crippen molar-refractivity contribution in [2.24, 2.45) is 0 Å². The van der Waals surface area contributed by atoms with Gasteiger partial charge < -0.3 is 4.42 Å². The Morgan fingerprint density at radius 2 is 1.22 bits per heavy atom. The van der Waals surface area contributed by atoms with Gasteiger partial charge in [-0.2, -0.15) is 0 Å².